The smallest absolute Gasteiger partial charge is 0.152 e. The number of H-pyrrole nitrogens is 1. The second kappa shape index (κ2) is 10.3. The summed E-state index contributed by atoms with van der Waals surface area (Å²) in [7, 11) is 0. The monoisotopic (exact) mass is 546 g/mol. The Morgan fingerprint density at radius 3 is 2.12 bits per heavy atom. The molecule has 2 aliphatic carbocycles. The maximum absolute atomic E-state index is 5.15. The van der Waals surface area contributed by atoms with Crippen molar-refractivity contribution < 1.29 is 0 Å². The number of anilines is 1. The van der Waals surface area contributed by atoms with Crippen LogP contribution in [0, 0.1) is 15.4 Å². The quantitative estimate of drug-likeness (QED) is 0.429. The summed E-state index contributed by atoms with van der Waals surface area (Å²) >= 11 is -1.42. The molecule has 3 aliphatic rings. The van der Waals surface area contributed by atoms with Gasteiger partial charge in [0, 0.05) is 28.8 Å². The fraction of sp³-hybridized carbons (Fsp3) is 0.593. The van der Waals surface area contributed by atoms with Crippen molar-refractivity contribution >= 4 is 33.7 Å². The molecule has 0 amide bonds. The van der Waals surface area contributed by atoms with Crippen molar-refractivity contribution in [2.75, 3.05) is 24.7 Å². The normalized spacial score (nSPS) is 21.2. The van der Waals surface area contributed by atoms with E-state index < -0.39 is 18.9 Å². The summed E-state index contributed by atoms with van der Waals surface area (Å²) in [5, 5.41) is 0. The zero-order valence-corrected chi connectivity index (χ0v) is 21.7. The second-order valence-corrected chi connectivity index (χ2v) is 14.1. The van der Waals surface area contributed by atoms with Gasteiger partial charge in [-0.1, -0.05) is 59.7 Å². The minimum Gasteiger partial charge on any atom is -0.342 e. The number of halogens is 1. The molecular weight excluding hydrogens is 507 g/mol. The number of hydrogen-bond donors (Lipinski definition) is 1. The van der Waals surface area contributed by atoms with E-state index in [0.717, 1.165) is 37.4 Å². The average Bonchev–Trinajstić information content (AvgIpc) is 3.25. The van der Waals surface area contributed by atoms with Crippen LogP contribution < -0.4 is 4.90 Å². The minimum atomic E-state index is -1.42. The molecule has 2 aromatic rings. The number of imidazole rings is 1. The largest absolute Gasteiger partial charge is 0.342 e. The van der Waals surface area contributed by atoms with E-state index in [9.17, 15) is 0 Å². The summed E-state index contributed by atoms with van der Waals surface area (Å²) in [5.41, 5.74) is 2.49. The first kappa shape index (κ1) is 22.5. The zero-order chi connectivity index (χ0) is 21.9. The fourth-order valence-electron chi connectivity index (χ4n) is 5.96. The van der Waals surface area contributed by atoms with Gasteiger partial charge in [-0.25, -0.2) is 4.98 Å². The Morgan fingerprint density at radius 1 is 0.875 bits per heavy atom. The molecule has 174 valence electrons. The lowest BCUT2D eigenvalue weighted by molar-refractivity contribution is 0.180. The van der Waals surface area contributed by atoms with E-state index in [4.69, 9.17) is 4.98 Å². The van der Waals surface area contributed by atoms with Crippen molar-refractivity contribution in [3.63, 3.8) is 0 Å². The van der Waals surface area contributed by atoms with Crippen LogP contribution in [0.4, 0.5) is 5.82 Å². The molecule has 32 heavy (non-hydrogen) atoms. The van der Waals surface area contributed by atoms with Crippen molar-refractivity contribution in [1.82, 2.24) is 14.9 Å². The second-order valence-electron chi connectivity index (χ2n) is 10.2. The molecule has 5 rings (SSSR count). The van der Waals surface area contributed by atoms with Crippen LogP contribution >= 0.6 is 18.9 Å². The number of rotatable bonds is 6. The molecule has 0 unspecified atom stereocenters. The molecule has 0 radical (unpaired) electrons. The summed E-state index contributed by atoms with van der Waals surface area (Å²) in [5.74, 6) is 3.92. The molecule has 2 saturated carbocycles. The van der Waals surface area contributed by atoms with E-state index in [0.29, 0.717) is 0 Å². The number of nitrogens with one attached hydrogen (secondary N) is 1. The molecule has 0 atom stereocenters. The molecule has 2 heterocycles. The van der Waals surface area contributed by atoms with E-state index in [-0.39, 0.29) is 0 Å². The maximum Gasteiger partial charge on any atom is 0.152 e. The number of hydrogen-bond acceptors (Lipinski definition) is 3. The number of aromatic amines is 1. The number of fused-ring (bicyclic) bond motifs is 1. The molecule has 1 aromatic carbocycles. The summed E-state index contributed by atoms with van der Waals surface area (Å²) < 4.78 is 9.72. The van der Waals surface area contributed by atoms with Gasteiger partial charge in [-0.05, 0) is 49.7 Å². The van der Waals surface area contributed by atoms with Crippen LogP contribution in [0.2, 0.25) is 0 Å². The number of aromatic nitrogens is 2. The molecule has 1 aliphatic heterocycles. The Kier molecular flexibility index (Phi) is 7.22. The van der Waals surface area contributed by atoms with Crippen LogP contribution in [-0.4, -0.2) is 43.7 Å². The predicted molar refractivity (Wildman–Crippen MR) is 147 cm³/mol. The van der Waals surface area contributed by atoms with Crippen LogP contribution in [0.5, 0.6) is 0 Å². The predicted octanol–water partition coefficient (Wildman–Crippen LogP) is 6.36. The topological polar surface area (TPSA) is 35.2 Å². The third kappa shape index (κ3) is 5.24. The van der Waals surface area contributed by atoms with Gasteiger partial charge in [0.2, 0.25) is 0 Å². The van der Waals surface area contributed by atoms with Gasteiger partial charge in [0.1, 0.15) is 5.82 Å². The van der Waals surface area contributed by atoms with E-state index in [2.05, 4.69) is 48.1 Å². The van der Waals surface area contributed by atoms with Gasteiger partial charge in [0.25, 0.3) is 0 Å². The van der Waals surface area contributed by atoms with Crippen molar-refractivity contribution in [1.29, 1.82) is 0 Å². The lowest BCUT2D eigenvalue weighted by Gasteiger charge is -2.40. The molecule has 4 nitrogen and oxygen atoms in total. The molecule has 2 fully saturated rings. The first-order chi connectivity index (χ1) is 15.7. The summed E-state index contributed by atoms with van der Waals surface area (Å²) in [6, 6.07) is 8.81. The van der Waals surface area contributed by atoms with Crippen LogP contribution in [-0.2, 0) is 6.54 Å². The highest BCUT2D eigenvalue weighted by Crippen LogP contribution is 2.34. The van der Waals surface area contributed by atoms with Gasteiger partial charge in [-0.15, -0.1) is 18.9 Å². The van der Waals surface area contributed by atoms with Crippen molar-refractivity contribution in [3.8, 4) is 11.4 Å². The highest BCUT2D eigenvalue weighted by atomic mass is 127. The zero-order valence-electron chi connectivity index (χ0n) is 19.5. The molecule has 0 saturated heterocycles. The van der Waals surface area contributed by atoms with E-state index in [1.54, 1.807) is 0 Å². The maximum atomic E-state index is 5.15. The molecule has 1 N–H and O–H groups in total. The van der Waals surface area contributed by atoms with Gasteiger partial charge < -0.3 is 9.88 Å². The van der Waals surface area contributed by atoms with Gasteiger partial charge in [0.15, 0.2) is 5.82 Å². The standard InChI is InChI=1S/C27H39IN4/c1-28(2)24-15-13-23(14-16-24)26-29-25-19-31(17-21-9-5-3-6-10-21)20-32(27(25)30-26)18-22-11-7-4-8-12-22/h13-16,21-22H,1-12,17-20H2,(H,29,30). The number of nitrogens with zero attached hydrogens (tertiary/aromatic N) is 3. The molecule has 5 heteroatoms. The van der Waals surface area contributed by atoms with E-state index >= 15 is 0 Å². The van der Waals surface area contributed by atoms with Crippen LogP contribution in [0.15, 0.2) is 24.3 Å². The first-order valence-electron chi connectivity index (χ1n) is 12.6. The van der Waals surface area contributed by atoms with Crippen molar-refractivity contribution in [2.24, 2.45) is 11.8 Å². The Hall–Kier alpha value is -1.34. The Morgan fingerprint density at radius 2 is 1.50 bits per heavy atom. The van der Waals surface area contributed by atoms with Gasteiger partial charge in [-0.3, -0.25) is 4.90 Å². The lowest BCUT2D eigenvalue weighted by atomic mass is 9.88. The van der Waals surface area contributed by atoms with Crippen molar-refractivity contribution in [3.05, 3.63) is 33.5 Å². The van der Waals surface area contributed by atoms with E-state index in [1.807, 2.05) is 0 Å². The van der Waals surface area contributed by atoms with Gasteiger partial charge >= 0.3 is 0 Å². The lowest BCUT2D eigenvalue weighted by Crippen LogP contribution is -2.46. The van der Waals surface area contributed by atoms with Gasteiger partial charge in [-0.2, -0.15) is 0 Å². The molecule has 1 aromatic heterocycles. The highest BCUT2D eigenvalue weighted by molar-refractivity contribution is 14.2. The summed E-state index contributed by atoms with van der Waals surface area (Å²) in [4.78, 5) is 14.2. The van der Waals surface area contributed by atoms with Crippen LogP contribution in [0.1, 0.15) is 69.9 Å². The van der Waals surface area contributed by atoms with Crippen LogP contribution in [0.3, 0.4) is 0 Å². The summed E-state index contributed by atoms with van der Waals surface area (Å²) in [6.45, 7) is 4.45. The fourth-order valence-corrected chi connectivity index (χ4v) is 7.34. The Bertz CT molecular complexity index is 954. The highest BCUT2D eigenvalue weighted by Gasteiger charge is 2.30. The Labute approximate surface area is 200 Å². The average molecular weight is 547 g/mol. The minimum absolute atomic E-state index is 0.822. The van der Waals surface area contributed by atoms with Gasteiger partial charge in [0.05, 0.1) is 12.4 Å². The SMILES string of the molecule is C=I(=C)c1ccc(-c2nc3c([nH]2)CN(CC2CCCCC2)CN3CC2CCCCC2)cc1. The summed E-state index contributed by atoms with van der Waals surface area (Å²) in [6.07, 6.45) is 14.1. The molecule has 0 bridgehead atoms. The number of benzene rings is 1. The van der Waals surface area contributed by atoms with Crippen LogP contribution in [0.25, 0.3) is 11.4 Å². The Balaban J connectivity index is 1.38. The first-order valence-corrected chi connectivity index (χ1v) is 16.7. The third-order valence-electron chi connectivity index (χ3n) is 7.68. The van der Waals surface area contributed by atoms with E-state index in [1.165, 1.54) is 91.4 Å². The van der Waals surface area contributed by atoms with Crippen molar-refractivity contribution in [2.45, 2.75) is 70.8 Å². The third-order valence-corrected chi connectivity index (χ3v) is 10.2. The molecule has 0 spiro atoms. The molecular formula is C27H39IN4.